The summed E-state index contributed by atoms with van der Waals surface area (Å²) in [7, 11) is -2.28. The lowest BCUT2D eigenvalue weighted by molar-refractivity contribution is -0.139. The lowest BCUT2D eigenvalue weighted by atomic mass is 10.2. The van der Waals surface area contributed by atoms with Crippen LogP contribution in [0.15, 0.2) is 53.4 Å². The Bertz CT molecular complexity index is 1030. The normalized spacial score (nSPS) is 16.6. The largest absolute Gasteiger partial charge is 0.497 e. The van der Waals surface area contributed by atoms with E-state index in [0.717, 1.165) is 9.87 Å². The SMILES string of the molecule is COc1ccc(CNC(=O)C(=O)NCC2OCCN2S(=O)(=O)c2ccc(Cl)cc2)cc1. The van der Waals surface area contributed by atoms with Crippen molar-refractivity contribution in [1.29, 1.82) is 0 Å². The molecule has 2 aromatic carbocycles. The van der Waals surface area contributed by atoms with E-state index in [0.29, 0.717) is 10.8 Å². The highest BCUT2D eigenvalue weighted by molar-refractivity contribution is 7.89. The molecule has 166 valence electrons. The highest BCUT2D eigenvalue weighted by Crippen LogP contribution is 2.23. The van der Waals surface area contributed by atoms with E-state index in [4.69, 9.17) is 21.1 Å². The molecular weight excluding hydrogens is 446 g/mol. The van der Waals surface area contributed by atoms with Crippen molar-refractivity contribution in [3.05, 3.63) is 59.1 Å². The standard InChI is InChI=1S/C20H22ClN3O6S/c1-29-16-6-2-14(3-7-16)12-22-19(25)20(26)23-13-18-24(10-11-30-18)31(27,28)17-8-4-15(21)5-9-17/h2-9,18H,10-13H2,1H3,(H,22,25)(H,23,26). The quantitative estimate of drug-likeness (QED) is 0.590. The molecule has 1 fully saturated rings. The first-order valence-electron chi connectivity index (χ1n) is 9.39. The Morgan fingerprint density at radius 1 is 1.10 bits per heavy atom. The van der Waals surface area contributed by atoms with E-state index in [9.17, 15) is 18.0 Å². The van der Waals surface area contributed by atoms with Gasteiger partial charge in [-0.15, -0.1) is 0 Å². The monoisotopic (exact) mass is 467 g/mol. The van der Waals surface area contributed by atoms with Crippen molar-refractivity contribution >= 4 is 33.4 Å². The van der Waals surface area contributed by atoms with Gasteiger partial charge in [-0.25, -0.2) is 8.42 Å². The van der Waals surface area contributed by atoms with Gasteiger partial charge in [-0.2, -0.15) is 4.31 Å². The molecule has 2 amide bonds. The van der Waals surface area contributed by atoms with Crippen LogP contribution in [-0.4, -0.2) is 57.6 Å². The number of hydrogen-bond acceptors (Lipinski definition) is 6. The molecule has 2 N–H and O–H groups in total. The van der Waals surface area contributed by atoms with Gasteiger partial charge in [0.05, 0.1) is 25.2 Å². The number of benzene rings is 2. The van der Waals surface area contributed by atoms with Gasteiger partial charge in [0.2, 0.25) is 10.0 Å². The highest BCUT2D eigenvalue weighted by atomic mass is 35.5. The third-order valence-electron chi connectivity index (χ3n) is 4.62. The van der Waals surface area contributed by atoms with Crippen molar-refractivity contribution in [3.63, 3.8) is 0 Å². The van der Waals surface area contributed by atoms with Crippen molar-refractivity contribution in [3.8, 4) is 5.75 Å². The topological polar surface area (TPSA) is 114 Å². The maximum atomic E-state index is 12.8. The van der Waals surface area contributed by atoms with Crippen LogP contribution in [0.25, 0.3) is 0 Å². The number of amides is 2. The molecule has 1 saturated heterocycles. The zero-order valence-corrected chi connectivity index (χ0v) is 18.3. The number of hydrogen-bond donors (Lipinski definition) is 2. The molecule has 1 aliphatic rings. The summed E-state index contributed by atoms with van der Waals surface area (Å²) in [5.41, 5.74) is 0.793. The molecule has 1 aliphatic heterocycles. The van der Waals surface area contributed by atoms with E-state index < -0.39 is 28.1 Å². The number of nitrogens with zero attached hydrogens (tertiary/aromatic N) is 1. The third-order valence-corrected chi connectivity index (χ3v) is 6.77. The maximum absolute atomic E-state index is 12.8. The Kier molecular flexibility index (Phi) is 7.50. The smallest absolute Gasteiger partial charge is 0.309 e. The van der Waals surface area contributed by atoms with E-state index in [1.54, 1.807) is 31.4 Å². The second-order valence-corrected chi connectivity index (χ2v) is 8.96. The zero-order valence-electron chi connectivity index (χ0n) is 16.7. The van der Waals surface area contributed by atoms with Crippen LogP contribution in [0, 0.1) is 0 Å². The van der Waals surface area contributed by atoms with Gasteiger partial charge in [0.1, 0.15) is 12.0 Å². The van der Waals surface area contributed by atoms with Gasteiger partial charge in [-0.05, 0) is 42.0 Å². The fourth-order valence-corrected chi connectivity index (χ4v) is 4.59. The summed E-state index contributed by atoms with van der Waals surface area (Å²) < 4.78 is 37.3. The third kappa shape index (κ3) is 5.73. The fraction of sp³-hybridized carbons (Fsp3) is 0.300. The van der Waals surface area contributed by atoms with Gasteiger partial charge in [-0.3, -0.25) is 9.59 Å². The average Bonchev–Trinajstić information content (AvgIpc) is 3.26. The summed E-state index contributed by atoms with van der Waals surface area (Å²) in [5.74, 6) is -1.03. The Labute approximate surface area is 185 Å². The summed E-state index contributed by atoms with van der Waals surface area (Å²) in [6.07, 6.45) is -0.918. The second kappa shape index (κ2) is 10.1. The number of sulfonamides is 1. The molecule has 0 aromatic heterocycles. The van der Waals surface area contributed by atoms with Gasteiger partial charge >= 0.3 is 11.8 Å². The van der Waals surface area contributed by atoms with Crippen molar-refractivity contribution in [2.75, 3.05) is 26.8 Å². The molecule has 0 radical (unpaired) electrons. The lowest BCUT2D eigenvalue weighted by Crippen LogP contribution is -2.47. The molecular formula is C20H22ClN3O6S. The minimum Gasteiger partial charge on any atom is -0.497 e. The van der Waals surface area contributed by atoms with E-state index in [1.165, 1.54) is 24.3 Å². The molecule has 31 heavy (non-hydrogen) atoms. The maximum Gasteiger partial charge on any atom is 0.309 e. The first-order chi connectivity index (χ1) is 14.8. The molecule has 0 aliphatic carbocycles. The molecule has 0 bridgehead atoms. The fourth-order valence-electron chi connectivity index (χ4n) is 2.95. The summed E-state index contributed by atoms with van der Waals surface area (Å²) in [4.78, 5) is 24.2. The van der Waals surface area contributed by atoms with Gasteiger partial charge in [0.25, 0.3) is 0 Å². The molecule has 9 nitrogen and oxygen atoms in total. The Balaban J connectivity index is 1.53. The van der Waals surface area contributed by atoms with Crippen molar-refractivity contribution in [2.24, 2.45) is 0 Å². The van der Waals surface area contributed by atoms with Crippen LogP contribution in [0.3, 0.4) is 0 Å². The van der Waals surface area contributed by atoms with Crippen LogP contribution in [0.4, 0.5) is 0 Å². The first kappa shape index (κ1) is 23.0. The minimum atomic E-state index is -3.84. The molecule has 0 saturated carbocycles. The molecule has 11 heteroatoms. The predicted molar refractivity (Wildman–Crippen MR) is 113 cm³/mol. The van der Waals surface area contributed by atoms with Crippen molar-refractivity contribution < 1.29 is 27.5 Å². The van der Waals surface area contributed by atoms with E-state index in [-0.39, 0.29) is 31.1 Å². The highest BCUT2D eigenvalue weighted by Gasteiger charge is 2.36. The van der Waals surface area contributed by atoms with Gasteiger partial charge in [-0.1, -0.05) is 23.7 Å². The number of halogens is 1. The number of methoxy groups -OCH3 is 1. The molecule has 1 unspecified atom stereocenters. The first-order valence-corrected chi connectivity index (χ1v) is 11.2. The Hall–Kier alpha value is -2.66. The summed E-state index contributed by atoms with van der Waals surface area (Å²) in [6, 6.07) is 12.8. The number of carbonyl (C=O) groups is 2. The molecule has 0 spiro atoms. The average molecular weight is 468 g/mol. The number of nitrogens with one attached hydrogen (secondary N) is 2. The molecule has 1 atom stereocenters. The predicted octanol–water partition coefficient (Wildman–Crippen LogP) is 1.13. The number of rotatable bonds is 7. The number of ether oxygens (including phenoxy) is 2. The van der Waals surface area contributed by atoms with Crippen molar-refractivity contribution in [2.45, 2.75) is 17.7 Å². The van der Waals surface area contributed by atoms with Crippen LogP contribution >= 0.6 is 11.6 Å². The lowest BCUT2D eigenvalue weighted by Gasteiger charge is -2.22. The Morgan fingerprint density at radius 3 is 2.39 bits per heavy atom. The van der Waals surface area contributed by atoms with Gasteiger partial charge in [0.15, 0.2) is 0 Å². The van der Waals surface area contributed by atoms with Gasteiger partial charge in [0, 0.05) is 18.1 Å². The number of carbonyl (C=O) groups excluding carboxylic acids is 2. The minimum absolute atomic E-state index is 0.0657. The zero-order chi connectivity index (χ0) is 22.4. The van der Waals surface area contributed by atoms with Crippen LogP contribution < -0.4 is 15.4 Å². The van der Waals surface area contributed by atoms with E-state index in [1.807, 2.05) is 0 Å². The van der Waals surface area contributed by atoms with Crippen molar-refractivity contribution in [1.82, 2.24) is 14.9 Å². The van der Waals surface area contributed by atoms with Crippen LogP contribution in [0.1, 0.15) is 5.56 Å². The van der Waals surface area contributed by atoms with E-state index in [2.05, 4.69) is 10.6 Å². The Morgan fingerprint density at radius 2 is 1.74 bits per heavy atom. The molecule has 2 aromatic rings. The van der Waals surface area contributed by atoms with E-state index >= 15 is 0 Å². The van der Waals surface area contributed by atoms with Crippen LogP contribution in [0.2, 0.25) is 5.02 Å². The van der Waals surface area contributed by atoms with Crippen LogP contribution in [-0.2, 0) is 30.9 Å². The second-order valence-electron chi connectivity index (χ2n) is 6.64. The molecule has 3 rings (SSSR count). The summed E-state index contributed by atoms with van der Waals surface area (Å²) >= 11 is 5.82. The van der Waals surface area contributed by atoms with Gasteiger partial charge < -0.3 is 20.1 Å². The summed E-state index contributed by atoms with van der Waals surface area (Å²) in [6.45, 7) is 0.307. The molecule has 1 heterocycles. The summed E-state index contributed by atoms with van der Waals surface area (Å²) in [5, 5.41) is 5.34. The van der Waals surface area contributed by atoms with Crippen LogP contribution in [0.5, 0.6) is 5.75 Å².